The first-order valence-corrected chi connectivity index (χ1v) is 6.31. The maximum Gasteiger partial charge on any atom is 0.0556 e. The second-order valence-electron chi connectivity index (χ2n) is 4.39. The number of hydrogen-bond acceptors (Lipinski definition) is 2. The summed E-state index contributed by atoms with van der Waals surface area (Å²) in [6.07, 6.45) is 0. The van der Waals surface area contributed by atoms with E-state index in [1.165, 1.54) is 16.7 Å². The van der Waals surface area contributed by atoms with Crippen LogP contribution >= 0.6 is 0 Å². The second kappa shape index (κ2) is 6.34. The molecule has 2 heteroatoms. The molecule has 2 aromatic carbocycles. The molecular formula is C16H19NO. The molecule has 0 aromatic heterocycles. The monoisotopic (exact) mass is 241 g/mol. The van der Waals surface area contributed by atoms with Crippen LogP contribution in [0.15, 0.2) is 54.6 Å². The van der Waals surface area contributed by atoms with Gasteiger partial charge in [-0.05, 0) is 23.6 Å². The SMILES string of the molecule is CC(NCCO)c1ccc(-c2ccccc2)cc1. The highest BCUT2D eigenvalue weighted by atomic mass is 16.3. The first-order chi connectivity index (χ1) is 8.81. The van der Waals surface area contributed by atoms with Crippen molar-refractivity contribution >= 4 is 0 Å². The van der Waals surface area contributed by atoms with Crippen LogP contribution in [0.5, 0.6) is 0 Å². The number of rotatable bonds is 5. The maximum absolute atomic E-state index is 8.79. The Labute approximate surface area is 108 Å². The van der Waals surface area contributed by atoms with E-state index in [0.717, 1.165) is 0 Å². The molecule has 18 heavy (non-hydrogen) atoms. The molecule has 0 saturated carbocycles. The Morgan fingerprint density at radius 3 is 2.17 bits per heavy atom. The number of benzene rings is 2. The van der Waals surface area contributed by atoms with Gasteiger partial charge in [-0.15, -0.1) is 0 Å². The average Bonchev–Trinajstić information content (AvgIpc) is 2.46. The van der Waals surface area contributed by atoms with Gasteiger partial charge in [-0.1, -0.05) is 54.6 Å². The Bertz CT molecular complexity index is 464. The van der Waals surface area contributed by atoms with Gasteiger partial charge in [0.15, 0.2) is 0 Å². The molecule has 2 rings (SSSR count). The summed E-state index contributed by atoms with van der Waals surface area (Å²) in [6.45, 7) is 2.90. The molecule has 1 atom stereocenters. The van der Waals surface area contributed by atoms with Crippen molar-refractivity contribution in [3.63, 3.8) is 0 Å². The van der Waals surface area contributed by atoms with Crippen LogP contribution in [0.2, 0.25) is 0 Å². The van der Waals surface area contributed by atoms with E-state index in [0.29, 0.717) is 6.54 Å². The molecule has 0 heterocycles. The minimum absolute atomic E-state index is 0.173. The van der Waals surface area contributed by atoms with Gasteiger partial charge in [-0.2, -0.15) is 0 Å². The lowest BCUT2D eigenvalue weighted by Gasteiger charge is -2.13. The van der Waals surface area contributed by atoms with Crippen molar-refractivity contribution in [1.29, 1.82) is 0 Å². The molecule has 0 radical (unpaired) electrons. The molecule has 1 unspecified atom stereocenters. The van der Waals surface area contributed by atoms with E-state index >= 15 is 0 Å². The van der Waals surface area contributed by atoms with E-state index in [1.807, 2.05) is 6.07 Å². The van der Waals surface area contributed by atoms with Crippen molar-refractivity contribution in [3.05, 3.63) is 60.2 Å². The van der Waals surface area contributed by atoms with Crippen LogP contribution in [0.3, 0.4) is 0 Å². The molecule has 0 aliphatic rings. The third-order valence-corrected chi connectivity index (χ3v) is 3.08. The van der Waals surface area contributed by atoms with Crippen LogP contribution in [-0.4, -0.2) is 18.3 Å². The largest absolute Gasteiger partial charge is 0.395 e. The summed E-state index contributed by atoms with van der Waals surface area (Å²) in [5, 5.41) is 12.1. The minimum Gasteiger partial charge on any atom is -0.395 e. The fourth-order valence-electron chi connectivity index (χ4n) is 1.99. The molecule has 0 fully saturated rings. The van der Waals surface area contributed by atoms with Gasteiger partial charge in [-0.3, -0.25) is 0 Å². The lowest BCUT2D eigenvalue weighted by Crippen LogP contribution is -2.21. The highest BCUT2D eigenvalue weighted by Gasteiger charge is 2.04. The quantitative estimate of drug-likeness (QED) is 0.843. The Morgan fingerprint density at radius 1 is 0.944 bits per heavy atom. The van der Waals surface area contributed by atoms with Gasteiger partial charge in [0.25, 0.3) is 0 Å². The first-order valence-electron chi connectivity index (χ1n) is 6.31. The van der Waals surface area contributed by atoms with Gasteiger partial charge in [0.05, 0.1) is 6.61 Å². The number of aliphatic hydroxyl groups is 1. The number of aliphatic hydroxyl groups excluding tert-OH is 1. The molecule has 0 bridgehead atoms. The summed E-state index contributed by atoms with van der Waals surface area (Å²) in [4.78, 5) is 0. The van der Waals surface area contributed by atoms with Gasteiger partial charge in [0.1, 0.15) is 0 Å². The fourth-order valence-corrected chi connectivity index (χ4v) is 1.99. The van der Waals surface area contributed by atoms with E-state index in [2.05, 4.69) is 60.8 Å². The van der Waals surface area contributed by atoms with E-state index < -0.39 is 0 Å². The van der Waals surface area contributed by atoms with Crippen molar-refractivity contribution in [3.8, 4) is 11.1 Å². The third kappa shape index (κ3) is 3.19. The molecule has 2 N–H and O–H groups in total. The van der Waals surface area contributed by atoms with Crippen molar-refractivity contribution in [1.82, 2.24) is 5.32 Å². The van der Waals surface area contributed by atoms with Gasteiger partial charge < -0.3 is 10.4 Å². The summed E-state index contributed by atoms with van der Waals surface area (Å²) in [5.41, 5.74) is 3.71. The van der Waals surface area contributed by atoms with Gasteiger partial charge in [0.2, 0.25) is 0 Å². The molecule has 2 aromatic rings. The second-order valence-corrected chi connectivity index (χ2v) is 4.39. The molecule has 0 saturated heterocycles. The van der Waals surface area contributed by atoms with Crippen LogP contribution in [0, 0.1) is 0 Å². The smallest absolute Gasteiger partial charge is 0.0556 e. The number of hydrogen-bond donors (Lipinski definition) is 2. The standard InChI is InChI=1S/C16H19NO/c1-13(17-11-12-18)14-7-9-16(10-8-14)15-5-3-2-4-6-15/h2-10,13,17-18H,11-12H2,1H3. The van der Waals surface area contributed by atoms with Gasteiger partial charge in [-0.25, -0.2) is 0 Å². The highest BCUT2D eigenvalue weighted by Crippen LogP contribution is 2.21. The zero-order valence-electron chi connectivity index (χ0n) is 10.6. The molecular weight excluding hydrogens is 222 g/mol. The Kier molecular flexibility index (Phi) is 4.51. The predicted octanol–water partition coefficient (Wildman–Crippen LogP) is 3.00. The Morgan fingerprint density at radius 2 is 1.56 bits per heavy atom. The summed E-state index contributed by atoms with van der Waals surface area (Å²) in [5.74, 6) is 0. The Hall–Kier alpha value is -1.64. The maximum atomic E-state index is 8.79. The lowest BCUT2D eigenvalue weighted by molar-refractivity contribution is 0.286. The topological polar surface area (TPSA) is 32.3 Å². The van der Waals surface area contributed by atoms with Crippen molar-refractivity contribution in [2.24, 2.45) is 0 Å². The van der Waals surface area contributed by atoms with Crippen LogP contribution < -0.4 is 5.32 Å². The molecule has 0 spiro atoms. The molecule has 0 aliphatic carbocycles. The number of nitrogens with one attached hydrogen (secondary N) is 1. The van der Waals surface area contributed by atoms with Crippen molar-refractivity contribution < 1.29 is 5.11 Å². The summed E-state index contributed by atoms with van der Waals surface area (Å²) >= 11 is 0. The van der Waals surface area contributed by atoms with Crippen LogP contribution in [-0.2, 0) is 0 Å². The molecule has 2 nitrogen and oxygen atoms in total. The molecule has 0 aliphatic heterocycles. The highest BCUT2D eigenvalue weighted by molar-refractivity contribution is 5.63. The minimum atomic E-state index is 0.173. The summed E-state index contributed by atoms with van der Waals surface area (Å²) in [6, 6.07) is 19.2. The molecule has 0 amide bonds. The predicted molar refractivity (Wildman–Crippen MR) is 75.4 cm³/mol. The van der Waals surface area contributed by atoms with E-state index in [-0.39, 0.29) is 12.6 Å². The van der Waals surface area contributed by atoms with Crippen molar-refractivity contribution in [2.75, 3.05) is 13.2 Å². The van der Waals surface area contributed by atoms with Gasteiger partial charge >= 0.3 is 0 Å². The van der Waals surface area contributed by atoms with E-state index in [1.54, 1.807) is 0 Å². The van der Waals surface area contributed by atoms with Crippen molar-refractivity contribution in [2.45, 2.75) is 13.0 Å². The van der Waals surface area contributed by atoms with Crippen LogP contribution in [0.25, 0.3) is 11.1 Å². The summed E-state index contributed by atoms with van der Waals surface area (Å²) in [7, 11) is 0. The van der Waals surface area contributed by atoms with Crippen LogP contribution in [0.4, 0.5) is 0 Å². The fraction of sp³-hybridized carbons (Fsp3) is 0.250. The summed E-state index contributed by atoms with van der Waals surface area (Å²) < 4.78 is 0. The van der Waals surface area contributed by atoms with Gasteiger partial charge in [0, 0.05) is 12.6 Å². The molecule has 94 valence electrons. The van der Waals surface area contributed by atoms with Crippen LogP contribution in [0.1, 0.15) is 18.5 Å². The normalized spacial score (nSPS) is 12.3. The third-order valence-electron chi connectivity index (χ3n) is 3.08. The zero-order chi connectivity index (χ0) is 12.8. The zero-order valence-corrected chi connectivity index (χ0v) is 10.6. The average molecular weight is 241 g/mol. The first kappa shape index (κ1) is 12.8. The van der Waals surface area contributed by atoms with E-state index in [9.17, 15) is 0 Å². The lowest BCUT2D eigenvalue weighted by atomic mass is 10.0. The Balaban J connectivity index is 2.10. The van der Waals surface area contributed by atoms with E-state index in [4.69, 9.17) is 5.11 Å².